The highest BCUT2D eigenvalue weighted by Crippen LogP contribution is 2.25. The Kier molecular flexibility index (Phi) is 6.95. The van der Waals surface area contributed by atoms with E-state index in [-0.39, 0.29) is 11.7 Å². The summed E-state index contributed by atoms with van der Waals surface area (Å²) in [5.41, 5.74) is 1.42. The second kappa shape index (κ2) is 9.62. The van der Waals surface area contributed by atoms with E-state index in [1.807, 2.05) is 5.38 Å². The number of amides is 2. The van der Waals surface area contributed by atoms with Crippen LogP contribution in [0.2, 0.25) is 0 Å². The molecule has 0 saturated carbocycles. The molecule has 1 aliphatic rings. The number of thiophene rings is 1. The minimum absolute atomic E-state index is 0.0558. The lowest BCUT2D eigenvalue weighted by atomic mass is 10.1. The van der Waals surface area contributed by atoms with Gasteiger partial charge >= 0.3 is 11.8 Å². The fourth-order valence-corrected chi connectivity index (χ4v) is 4.06. The Balaban J connectivity index is 1.60. The molecular weight excluding hydrogens is 365 g/mol. The molecule has 1 aromatic carbocycles. The van der Waals surface area contributed by atoms with Crippen LogP contribution in [0.1, 0.15) is 37.3 Å². The maximum Gasteiger partial charge on any atom is 0.313 e. The molecule has 0 spiro atoms. The van der Waals surface area contributed by atoms with Gasteiger partial charge in [0.25, 0.3) is 0 Å². The number of benzene rings is 1. The van der Waals surface area contributed by atoms with Crippen LogP contribution < -0.4 is 10.6 Å². The van der Waals surface area contributed by atoms with E-state index in [9.17, 15) is 14.0 Å². The van der Waals surface area contributed by atoms with Gasteiger partial charge in [0.05, 0.1) is 6.04 Å². The van der Waals surface area contributed by atoms with Gasteiger partial charge in [0.15, 0.2) is 0 Å². The maximum atomic E-state index is 13.2. The summed E-state index contributed by atoms with van der Waals surface area (Å²) < 4.78 is 13.2. The topological polar surface area (TPSA) is 61.4 Å². The van der Waals surface area contributed by atoms with Crippen molar-refractivity contribution in [2.45, 2.75) is 31.7 Å². The largest absolute Gasteiger partial charge is 0.346 e. The normalized spacial score (nSPS) is 16.3. The molecule has 5 nitrogen and oxygen atoms in total. The van der Waals surface area contributed by atoms with E-state index in [1.165, 1.54) is 31.0 Å². The molecule has 1 aromatic heterocycles. The van der Waals surface area contributed by atoms with E-state index in [0.29, 0.717) is 6.54 Å². The molecule has 2 amide bonds. The summed E-state index contributed by atoms with van der Waals surface area (Å²) in [6, 6.07) is 7.60. The highest BCUT2D eigenvalue weighted by atomic mass is 32.1. The minimum atomic E-state index is -0.791. The van der Waals surface area contributed by atoms with Crippen molar-refractivity contribution in [1.82, 2.24) is 10.2 Å². The van der Waals surface area contributed by atoms with E-state index in [4.69, 9.17) is 0 Å². The van der Waals surface area contributed by atoms with Gasteiger partial charge in [-0.2, -0.15) is 11.3 Å². The van der Waals surface area contributed by atoms with Crippen LogP contribution in [0.5, 0.6) is 0 Å². The van der Waals surface area contributed by atoms with Crippen LogP contribution in [0.4, 0.5) is 10.1 Å². The molecule has 7 heteroatoms. The maximum absolute atomic E-state index is 13.2. The number of hydrogen-bond donors (Lipinski definition) is 2. The van der Waals surface area contributed by atoms with Crippen molar-refractivity contribution >= 4 is 28.8 Å². The number of anilines is 1. The predicted molar refractivity (Wildman–Crippen MR) is 105 cm³/mol. The zero-order valence-corrected chi connectivity index (χ0v) is 15.9. The van der Waals surface area contributed by atoms with Gasteiger partial charge in [0.2, 0.25) is 0 Å². The van der Waals surface area contributed by atoms with E-state index >= 15 is 0 Å². The lowest BCUT2D eigenvalue weighted by Crippen LogP contribution is -2.42. The van der Waals surface area contributed by atoms with Crippen LogP contribution in [-0.2, 0) is 9.59 Å². The van der Waals surface area contributed by atoms with Crippen LogP contribution >= 0.6 is 11.3 Å². The van der Waals surface area contributed by atoms with Crippen LogP contribution in [0.3, 0.4) is 0 Å². The first kappa shape index (κ1) is 19.5. The molecule has 0 bridgehead atoms. The Morgan fingerprint density at radius 1 is 1.11 bits per heavy atom. The molecule has 0 radical (unpaired) electrons. The van der Waals surface area contributed by atoms with E-state index < -0.39 is 17.6 Å². The number of rotatable bonds is 5. The quantitative estimate of drug-likeness (QED) is 0.769. The highest BCUT2D eigenvalue weighted by Gasteiger charge is 2.24. The molecule has 1 fully saturated rings. The molecule has 0 unspecified atom stereocenters. The van der Waals surface area contributed by atoms with Gasteiger partial charge in [-0.15, -0.1) is 0 Å². The Morgan fingerprint density at radius 2 is 1.89 bits per heavy atom. The van der Waals surface area contributed by atoms with Gasteiger partial charge in [0, 0.05) is 12.2 Å². The van der Waals surface area contributed by atoms with Crippen LogP contribution in [0, 0.1) is 5.82 Å². The molecule has 0 aliphatic carbocycles. The van der Waals surface area contributed by atoms with Gasteiger partial charge in [-0.05, 0) is 66.5 Å². The third kappa shape index (κ3) is 5.61. The first-order valence-electron chi connectivity index (χ1n) is 9.24. The average molecular weight is 389 g/mol. The molecule has 1 saturated heterocycles. The Morgan fingerprint density at radius 3 is 2.56 bits per heavy atom. The van der Waals surface area contributed by atoms with Gasteiger partial charge < -0.3 is 10.6 Å². The number of carbonyl (C=O) groups excluding carboxylic acids is 2. The lowest BCUT2D eigenvalue weighted by molar-refractivity contribution is -0.136. The molecule has 27 heavy (non-hydrogen) atoms. The number of likely N-dealkylation sites (tertiary alicyclic amines) is 1. The van der Waals surface area contributed by atoms with Gasteiger partial charge in [-0.1, -0.05) is 18.9 Å². The fraction of sp³-hybridized carbons (Fsp3) is 0.400. The number of nitrogens with zero attached hydrogens (tertiary/aromatic N) is 1. The first-order valence-corrected chi connectivity index (χ1v) is 10.2. The summed E-state index contributed by atoms with van der Waals surface area (Å²) in [7, 11) is 0. The zero-order chi connectivity index (χ0) is 19.1. The van der Waals surface area contributed by atoms with Gasteiger partial charge in [0.1, 0.15) is 5.82 Å². The van der Waals surface area contributed by atoms with Gasteiger partial charge in [-0.3, -0.25) is 14.5 Å². The number of hydrogen-bond acceptors (Lipinski definition) is 4. The third-order valence-corrected chi connectivity index (χ3v) is 5.46. The fourth-order valence-electron chi connectivity index (χ4n) is 3.35. The average Bonchev–Trinajstić information content (AvgIpc) is 3.04. The summed E-state index contributed by atoms with van der Waals surface area (Å²) in [6.45, 7) is 2.35. The third-order valence-electron chi connectivity index (χ3n) is 4.75. The van der Waals surface area contributed by atoms with Crippen molar-refractivity contribution in [2.24, 2.45) is 0 Å². The Bertz CT molecular complexity index is 758. The Labute approximate surface area is 162 Å². The van der Waals surface area contributed by atoms with E-state index in [1.54, 1.807) is 17.4 Å². The van der Waals surface area contributed by atoms with Crippen molar-refractivity contribution in [2.75, 3.05) is 25.0 Å². The van der Waals surface area contributed by atoms with E-state index in [2.05, 4.69) is 27.0 Å². The molecule has 1 aliphatic heterocycles. The monoisotopic (exact) mass is 389 g/mol. The molecule has 2 N–H and O–H groups in total. The summed E-state index contributed by atoms with van der Waals surface area (Å²) in [4.78, 5) is 26.7. The summed E-state index contributed by atoms with van der Waals surface area (Å²) >= 11 is 1.63. The van der Waals surface area contributed by atoms with Crippen LogP contribution in [0.25, 0.3) is 0 Å². The lowest BCUT2D eigenvalue weighted by Gasteiger charge is -2.30. The zero-order valence-electron chi connectivity index (χ0n) is 15.1. The molecule has 2 heterocycles. The minimum Gasteiger partial charge on any atom is -0.346 e. The predicted octanol–water partition coefficient (Wildman–Crippen LogP) is 3.56. The van der Waals surface area contributed by atoms with E-state index in [0.717, 1.165) is 31.5 Å². The smallest absolute Gasteiger partial charge is 0.313 e. The molecular formula is C20H24FN3O2S. The van der Waals surface area contributed by atoms with Crippen molar-refractivity contribution in [3.8, 4) is 0 Å². The Hall–Kier alpha value is -2.25. The van der Waals surface area contributed by atoms with Crippen molar-refractivity contribution in [1.29, 1.82) is 0 Å². The summed E-state index contributed by atoms with van der Waals surface area (Å²) in [5.74, 6) is -1.97. The number of halogens is 1. The second-order valence-corrected chi connectivity index (χ2v) is 7.48. The van der Waals surface area contributed by atoms with Crippen LogP contribution in [0.15, 0.2) is 41.1 Å². The SMILES string of the molecule is O=C(NC[C@H](c1ccsc1)N1CCCCCC1)C(=O)Nc1cccc(F)c1. The summed E-state index contributed by atoms with van der Waals surface area (Å²) in [6.07, 6.45) is 4.76. The molecule has 1 atom stereocenters. The van der Waals surface area contributed by atoms with Crippen molar-refractivity contribution in [3.05, 3.63) is 52.5 Å². The number of carbonyl (C=O) groups is 2. The first-order chi connectivity index (χ1) is 13.1. The molecule has 2 aromatic rings. The summed E-state index contributed by atoms with van der Waals surface area (Å²) in [5, 5.41) is 9.29. The standard InChI is InChI=1S/C20H24FN3O2S/c21-16-6-5-7-17(12-16)23-20(26)19(25)22-13-18(15-8-11-27-14-15)24-9-3-1-2-4-10-24/h5-8,11-12,14,18H,1-4,9-10,13H2,(H,22,25)(H,23,26)/t18-/m1/s1. The molecule has 144 valence electrons. The molecule has 3 rings (SSSR count). The number of nitrogens with one attached hydrogen (secondary N) is 2. The second-order valence-electron chi connectivity index (χ2n) is 6.70. The van der Waals surface area contributed by atoms with Crippen molar-refractivity contribution < 1.29 is 14.0 Å². The van der Waals surface area contributed by atoms with Crippen molar-refractivity contribution in [3.63, 3.8) is 0 Å². The van der Waals surface area contributed by atoms with Crippen LogP contribution in [-0.4, -0.2) is 36.3 Å². The van der Waals surface area contributed by atoms with Gasteiger partial charge in [-0.25, -0.2) is 4.39 Å². The highest BCUT2D eigenvalue weighted by molar-refractivity contribution is 7.08.